The molecule has 16 unspecified atom stereocenters. The van der Waals surface area contributed by atoms with Gasteiger partial charge in [0.1, 0.15) is 0 Å². The van der Waals surface area contributed by atoms with Crippen molar-refractivity contribution in [1.82, 2.24) is 42.5 Å². The summed E-state index contributed by atoms with van der Waals surface area (Å²) in [5.74, 6) is 1.34. The van der Waals surface area contributed by atoms with Crippen molar-refractivity contribution in [2.24, 2.45) is 47.3 Å². The normalized spacial score (nSPS) is 45.0. The molecule has 16 atom stereocenters. The fourth-order valence-electron chi connectivity index (χ4n) is 15.8. The predicted octanol–water partition coefficient (Wildman–Crippen LogP) is 5.84. The van der Waals surface area contributed by atoms with Gasteiger partial charge < -0.3 is 37.9 Å². The first-order valence-corrected chi connectivity index (χ1v) is 30.4. The number of nitrogens with one attached hydrogen (secondary N) is 8. The Kier molecular flexibility index (Phi) is 23.3. The van der Waals surface area contributed by atoms with Gasteiger partial charge in [-0.15, -0.1) is 0 Å². The van der Waals surface area contributed by atoms with Gasteiger partial charge in [-0.2, -0.15) is 0 Å². The van der Waals surface area contributed by atoms with Crippen LogP contribution in [0.1, 0.15) is 158 Å². The molecule has 9 rings (SSSR count). The van der Waals surface area contributed by atoms with E-state index in [4.69, 9.17) is 37.9 Å². The zero-order valence-corrected chi connectivity index (χ0v) is 47.3. The number of ether oxygens (including phenoxy) is 8. The van der Waals surface area contributed by atoms with Gasteiger partial charge in [0.2, 0.25) is 0 Å². The van der Waals surface area contributed by atoms with Crippen LogP contribution in [0.4, 0.5) is 0 Å². The van der Waals surface area contributed by atoms with E-state index in [-0.39, 0.29) is 163 Å². The van der Waals surface area contributed by atoms with E-state index in [0.717, 1.165) is 156 Å². The van der Waals surface area contributed by atoms with Gasteiger partial charge in [0.15, 0.2) is 0 Å². The first-order valence-electron chi connectivity index (χ1n) is 30.4. The van der Waals surface area contributed by atoms with Crippen molar-refractivity contribution in [3.63, 3.8) is 0 Å². The molecule has 0 spiro atoms. The second kappa shape index (κ2) is 28.8. The minimum atomic E-state index is -0.0544. The van der Waals surface area contributed by atoms with Crippen molar-refractivity contribution in [1.29, 1.82) is 0 Å². The van der Waals surface area contributed by atoms with Crippen LogP contribution in [0, 0.1) is 47.3 Å². The van der Waals surface area contributed by atoms with Gasteiger partial charge in [-0.1, -0.05) is 55.4 Å². The molecule has 17 heteroatoms. The molecule has 73 heavy (non-hydrogen) atoms. The third-order valence-corrected chi connectivity index (χ3v) is 18.4. The molecule has 0 amide bonds. The predicted molar refractivity (Wildman–Crippen MR) is 280 cm³/mol. The molecular formula is C56H104CuN8O8. The van der Waals surface area contributed by atoms with E-state index in [9.17, 15) is 0 Å². The average molecular weight is 1080 g/mol. The van der Waals surface area contributed by atoms with Crippen LogP contribution in [0.2, 0.25) is 0 Å². The van der Waals surface area contributed by atoms with Gasteiger partial charge in [0.05, 0.1) is 98.2 Å². The molecule has 8 bridgehead atoms. The molecule has 4 saturated carbocycles. The van der Waals surface area contributed by atoms with Crippen LogP contribution in [-0.4, -0.2) is 151 Å². The summed E-state index contributed by atoms with van der Waals surface area (Å²) in [5, 5.41) is 34.9. The molecule has 1 radical (unpaired) electrons. The van der Waals surface area contributed by atoms with Gasteiger partial charge in [-0.05, 0) is 103 Å². The summed E-state index contributed by atoms with van der Waals surface area (Å²) < 4.78 is 55.8. The second-order valence-electron chi connectivity index (χ2n) is 23.4. The second-order valence-corrected chi connectivity index (χ2v) is 23.4. The first-order chi connectivity index (χ1) is 35.4. The van der Waals surface area contributed by atoms with Crippen LogP contribution in [0.5, 0.6) is 0 Å². The summed E-state index contributed by atoms with van der Waals surface area (Å²) in [6, 6.07) is 0. The van der Waals surface area contributed by atoms with Crippen molar-refractivity contribution >= 4 is 0 Å². The molecule has 5 heterocycles. The summed E-state index contributed by atoms with van der Waals surface area (Å²) >= 11 is 0. The van der Waals surface area contributed by atoms with Gasteiger partial charge in [0.25, 0.3) is 0 Å². The minimum absolute atomic E-state index is 0. The van der Waals surface area contributed by atoms with Crippen LogP contribution in [0.3, 0.4) is 0 Å². The van der Waals surface area contributed by atoms with E-state index in [0.29, 0.717) is 0 Å². The molecule has 5 saturated heterocycles. The Balaban J connectivity index is 0.00000711. The van der Waals surface area contributed by atoms with Crippen LogP contribution >= 0.6 is 0 Å². The van der Waals surface area contributed by atoms with Crippen LogP contribution in [0.15, 0.2) is 0 Å². The quantitative estimate of drug-likeness (QED) is 0.0542. The Hall–Kier alpha value is -0.121. The summed E-state index contributed by atoms with van der Waals surface area (Å²) in [6.45, 7) is 23.9. The molecule has 0 aromatic heterocycles. The Morgan fingerprint density at radius 3 is 0.425 bits per heavy atom. The van der Waals surface area contributed by atoms with Crippen molar-refractivity contribution in [3.05, 3.63) is 0 Å². The zero-order chi connectivity index (χ0) is 50.1. The molecule has 16 nitrogen and oxygen atoms in total. The van der Waals surface area contributed by atoms with E-state index in [1.807, 2.05) is 0 Å². The number of rotatable bonds is 24. The third-order valence-electron chi connectivity index (χ3n) is 18.4. The maximum Gasteiger partial charge on any atom is 0.0654 e. The number of fused-ring (bicyclic) bond motifs is 20. The minimum Gasteiger partial charge on any atom is -0.378 e. The smallest absolute Gasteiger partial charge is 0.0654 e. The molecule has 4 aliphatic carbocycles. The van der Waals surface area contributed by atoms with Crippen molar-refractivity contribution in [3.8, 4) is 0 Å². The Labute approximate surface area is 452 Å². The van der Waals surface area contributed by atoms with E-state index in [2.05, 4.69) is 97.9 Å². The Bertz CT molecular complexity index is 1280. The Morgan fingerprint density at radius 2 is 0.329 bits per heavy atom. The molecule has 0 aromatic rings. The van der Waals surface area contributed by atoms with Crippen molar-refractivity contribution in [2.45, 2.75) is 256 Å². The number of hydrogen-bond acceptors (Lipinski definition) is 16. The van der Waals surface area contributed by atoms with Gasteiger partial charge in [0, 0.05) is 117 Å². The first kappa shape index (κ1) is 59.0. The summed E-state index contributed by atoms with van der Waals surface area (Å²) in [6.07, 6.45) is 16.1. The fourth-order valence-corrected chi connectivity index (χ4v) is 15.8. The van der Waals surface area contributed by atoms with E-state index in [1.165, 1.54) is 0 Å². The Morgan fingerprint density at radius 1 is 0.219 bits per heavy atom. The third kappa shape index (κ3) is 13.1. The molecule has 427 valence electrons. The van der Waals surface area contributed by atoms with E-state index in [1.54, 1.807) is 0 Å². The summed E-state index contributed by atoms with van der Waals surface area (Å²) in [5.41, 5.74) is 0. The van der Waals surface area contributed by atoms with Crippen molar-refractivity contribution < 1.29 is 55.0 Å². The largest absolute Gasteiger partial charge is 0.378 e. The maximum atomic E-state index is 6.98. The number of hydrogen-bond donors (Lipinski definition) is 8. The molecule has 9 aliphatic rings. The summed E-state index contributed by atoms with van der Waals surface area (Å²) in [4.78, 5) is 0. The summed E-state index contributed by atoms with van der Waals surface area (Å²) in [7, 11) is 0. The SMILES string of the molecule is CCCOC1CCC(OCCC)C2C3NC(NC4NC(NC5NC(NC6NC(N3)C3C(OCCC)CCC(OCCC)C63)C3C(OCCC)CCC(OCCC)C53)C3C(OCCC)CCC(OCCC)C43)C12.[Cu]. The molecule has 8 N–H and O–H groups in total. The molecule has 5 aliphatic heterocycles. The molecule has 9 fully saturated rings. The van der Waals surface area contributed by atoms with Gasteiger partial charge in [-0.3, -0.25) is 42.5 Å². The topological polar surface area (TPSA) is 170 Å². The fraction of sp³-hybridized carbons (Fsp3) is 1.00. The van der Waals surface area contributed by atoms with E-state index >= 15 is 0 Å². The zero-order valence-electron chi connectivity index (χ0n) is 46.4. The van der Waals surface area contributed by atoms with Crippen LogP contribution < -0.4 is 42.5 Å². The van der Waals surface area contributed by atoms with Crippen LogP contribution in [0.25, 0.3) is 0 Å². The molecule has 0 aromatic carbocycles. The maximum absolute atomic E-state index is 6.98. The standard InChI is InChI=1S/C56H104N8O8.Cu/c1-9-25-65-33-17-18-34(66-26-10-2)42-41(33)49-57-50(42)62-52-45-37(69-29-13-5)21-22-38(70-30-14-6)46(45)54(59-52)64-56-48-40(72-32-16-8)24-23-39(71-31-15-7)47(48)55(60-56)63-53-44-36(68-28-12-4)20-19-35(67-27-11-3)43(44)51(58-53)61-49;/h33-64H,9-32H2,1-8H3;. The van der Waals surface area contributed by atoms with Gasteiger partial charge >= 0.3 is 0 Å². The monoisotopic (exact) mass is 1080 g/mol. The average Bonchev–Trinajstić information content (AvgIpc) is 4.16. The van der Waals surface area contributed by atoms with Crippen molar-refractivity contribution in [2.75, 3.05) is 52.9 Å². The van der Waals surface area contributed by atoms with Crippen LogP contribution in [-0.2, 0) is 55.0 Å². The van der Waals surface area contributed by atoms with E-state index < -0.39 is 0 Å². The molecular weight excluding hydrogens is 976 g/mol. The van der Waals surface area contributed by atoms with Gasteiger partial charge in [-0.25, -0.2) is 0 Å².